The number of carbonyl (C=O) groups is 1. The van der Waals surface area contributed by atoms with Crippen molar-refractivity contribution in [2.75, 3.05) is 0 Å². The van der Waals surface area contributed by atoms with E-state index in [-0.39, 0.29) is 0 Å². The van der Waals surface area contributed by atoms with Crippen LogP contribution < -0.4 is 0 Å². The van der Waals surface area contributed by atoms with Gasteiger partial charge in [-0.15, -0.1) is 0 Å². The largest absolute Gasteiger partial charge is 0.337 e. The molecule has 0 N–H and O–H groups in total. The molecule has 1 atom stereocenters. The molecule has 100 valence electrons. The lowest BCUT2D eigenvalue weighted by molar-refractivity contribution is -0.134. The Balaban J connectivity index is 1.91. The molecular formula is C15H23NOS. The van der Waals surface area contributed by atoms with Gasteiger partial charge in [0, 0.05) is 18.5 Å². The van der Waals surface area contributed by atoms with Crippen LogP contribution in [0.1, 0.15) is 45.6 Å². The first-order chi connectivity index (χ1) is 8.59. The minimum Gasteiger partial charge on any atom is -0.337 e. The monoisotopic (exact) mass is 265 g/mol. The van der Waals surface area contributed by atoms with Crippen molar-refractivity contribution in [3.63, 3.8) is 0 Å². The van der Waals surface area contributed by atoms with Gasteiger partial charge in [-0.05, 0) is 54.5 Å². The van der Waals surface area contributed by atoms with E-state index < -0.39 is 0 Å². The molecular weight excluding hydrogens is 242 g/mol. The molecule has 1 amide bonds. The zero-order valence-electron chi connectivity index (χ0n) is 11.6. The molecule has 1 fully saturated rings. The third-order valence-electron chi connectivity index (χ3n) is 3.84. The number of rotatable bonds is 6. The lowest BCUT2D eigenvalue weighted by Crippen LogP contribution is -2.43. The van der Waals surface area contributed by atoms with Crippen molar-refractivity contribution in [2.45, 2.75) is 58.5 Å². The van der Waals surface area contributed by atoms with Crippen molar-refractivity contribution in [1.82, 2.24) is 4.90 Å². The van der Waals surface area contributed by atoms with Gasteiger partial charge in [0.2, 0.25) is 5.91 Å². The van der Waals surface area contributed by atoms with Gasteiger partial charge in [0.05, 0.1) is 0 Å². The summed E-state index contributed by atoms with van der Waals surface area (Å²) in [5.74, 6) is 0.876. The molecule has 0 bridgehead atoms. The third-order valence-corrected chi connectivity index (χ3v) is 4.57. The zero-order chi connectivity index (χ0) is 13.1. The maximum absolute atomic E-state index is 12.4. The van der Waals surface area contributed by atoms with Crippen LogP contribution in [0, 0.1) is 5.92 Å². The van der Waals surface area contributed by atoms with Crippen molar-refractivity contribution >= 4 is 17.2 Å². The maximum Gasteiger partial charge on any atom is 0.223 e. The first kappa shape index (κ1) is 13.6. The van der Waals surface area contributed by atoms with E-state index in [1.54, 1.807) is 11.3 Å². The Hall–Kier alpha value is -0.830. The summed E-state index contributed by atoms with van der Waals surface area (Å²) >= 11 is 1.70. The molecule has 1 aromatic rings. The highest BCUT2D eigenvalue weighted by molar-refractivity contribution is 7.07. The number of thiophene rings is 1. The van der Waals surface area contributed by atoms with Crippen molar-refractivity contribution < 1.29 is 4.79 Å². The number of nitrogens with zero attached hydrogens (tertiary/aromatic N) is 1. The number of aryl methyl sites for hydroxylation is 1. The fourth-order valence-corrected chi connectivity index (χ4v) is 2.96. The molecule has 0 saturated heterocycles. The minimum atomic E-state index is 0.338. The highest BCUT2D eigenvalue weighted by Crippen LogP contribution is 2.31. The second kappa shape index (κ2) is 5.87. The number of amides is 1. The van der Waals surface area contributed by atoms with E-state index in [0.717, 1.165) is 6.42 Å². The highest BCUT2D eigenvalue weighted by Gasteiger charge is 2.36. The van der Waals surface area contributed by atoms with E-state index in [2.05, 4.69) is 42.5 Å². The van der Waals surface area contributed by atoms with Gasteiger partial charge < -0.3 is 4.90 Å². The van der Waals surface area contributed by atoms with Crippen molar-refractivity contribution in [2.24, 2.45) is 5.92 Å². The summed E-state index contributed by atoms with van der Waals surface area (Å²) < 4.78 is 0. The first-order valence-corrected chi connectivity index (χ1v) is 7.86. The Bertz CT molecular complexity index is 381. The van der Waals surface area contributed by atoms with E-state index in [1.807, 2.05) is 0 Å². The molecule has 0 aromatic carbocycles. The Kier molecular flexibility index (Phi) is 4.44. The summed E-state index contributed by atoms with van der Waals surface area (Å²) in [6, 6.07) is 3.01. The average molecular weight is 265 g/mol. The standard InChI is InChI=1S/C15H23NOS/c1-11(2)12(3)16(14-5-6-14)15(17)7-4-13-8-9-18-10-13/h8-12,14H,4-7H2,1-3H3. The van der Waals surface area contributed by atoms with Crippen LogP contribution >= 0.6 is 11.3 Å². The van der Waals surface area contributed by atoms with Crippen LogP contribution in [-0.4, -0.2) is 22.9 Å². The summed E-state index contributed by atoms with van der Waals surface area (Å²) in [4.78, 5) is 14.5. The number of hydrogen-bond donors (Lipinski definition) is 0. The summed E-state index contributed by atoms with van der Waals surface area (Å²) in [6.07, 6.45) is 3.93. The van der Waals surface area contributed by atoms with E-state index >= 15 is 0 Å². The van der Waals surface area contributed by atoms with Crippen LogP contribution in [0.5, 0.6) is 0 Å². The quantitative estimate of drug-likeness (QED) is 0.767. The van der Waals surface area contributed by atoms with Gasteiger partial charge in [-0.1, -0.05) is 13.8 Å². The zero-order valence-corrected chi connectivity index (χ0v) is 12.4. The molecule has 3 heteroatoms. The van der Waals surface area contributed by atoms with Gasteiger partial charge >= 0.3 is 0 Å². The van der Waals surface area contributed by atoms with Gasteiger partial charge in [-0.25, -0.2) is 0 Å². The summed E-state index contributed by atoms with van der Waals surface area (Å²) in [5.41, 5.74) is 1.29. The Labute approximate surface area is 114 Å². The topological polar surface area (TPSA) is 20.3 Å². The SMILES string of the molecule is CC(C)C(C)N(C(=O)CCc1ccsc1)C1CC1. The number of hydrogen-bond acceptors (Lipinski definition) is 2. The first-order valence-electron chi connectivity index (χ1n) is 6.92. The molecule has 18 heavy (non-hydrogen) atoms. The van der Waals surface area contributed by atoms with E-state index in [0.29, 0.717) is 30.3 Å². The molecule has 1 aromatic heterocycles. The minimum absolute atomic E-state index is 0.338. The van der Waals surface area contributed by atoms with E-state index in [9.17, 15) is 4.79 Å². The van der Waals surface area contributed by atoms with Gasteiger partial charge in [-0.3, -0.25) is 4.79 Å². The maximum atomic E-state index is 12.4. The van der Waals surface area contributed by atoms with Gasteiger partial charge in [0.25, 0.3) is 0 Å². The summed E-state index contributed by atoms with van der Waals surface area (Å²) in [7, 11) is 0. The second-order valence-electron chi connectivity index (χ2n) is 5.65. The van der Waals surface area contributed by atoms with Crippen molar-refractivity contribution in [1.29, 1.82) is 0 Å². The number of carbonyl (C=O) groups excluding carboxylic acids is 1. The molecule has 1 unspecified atom stereocenters. The molecule has 1 aliphatic rings. The van der Waals surface area contributed by atoms with Gasteiger partial charge in [0.1, 0.15) is 0 Å². The van der Waals surface area contributed by atoms with Crippen LogP contribution in [0.2, 0.25) is 0 Å². The highest BCUT2D eigenvalue weighted by atomic mass is 32.1. The lowest BCUT2D eigenvalue weighted by Gasteiger charge is -2.32. The average Bonchev–Trinajstić information content (AvgIpc) is 3.02. The van der Waals surface area contributed by atoms with Crippen molar-refractivity contribution in [3.05, 3.63) is 22.4 Å². The molecule has 1 heterocycles. The van der Waals surface area contributed by atoms with Crippen LogP contribution in [0.4, 0.5) is 0 Å². The molecule has 0 radical (unpaired) electrons. The fraction of sp³-hybridized carbons (Fsp3) is 0.667. The molecule has 0 spiro atoms. The normalized spacial score (nSPS) is 16.9. The molecule has 2 rings (SSSR count). The second-order valence-corrected chi connectivity index (χ2v) is 6.43. The Morgan fingerprint density at radius 2 is 2.17 bits per heavy atom. The fourth-order valence-electron chi connectivity index (χ4n) is 2.25. The molecule has 1 aliphatic carbocycles. The van der Waals surface area contributed by atoms with Crippen molar-refractivity contribution in [3.8, 4) is 0 Å². The van der Waals surface area contributed by atoms with Gasteiger partial charge in [0.15, 0.2) is 0 Å². The summed E-state index contributed by atoms with van der Waals surface area (Å²) in [5, 5.41) is 4.22. The van der Waals surface area contributed by atoms with E-state index in [4.69, 9.17) is 0 Å². The smallest absolute Gasteiger partial charge is 0.223 e. The third kappa shape index (κ3) is 3.35. The van der Waals surface area contributed by atoms with E-state index in [1.165, 1.54) is 18.4 Å². The van der Waals surface area contributed by atoms with Crippen LogP contribution in [0.15, 0.2) is 16.8 Å². The predicted molar refractivity (Wildman–Crippen MR) is 76.8 cm³/mol. The van der Waals surface area contributed by atoms with Crippen LogP contribution in [-0.2, 0) is 11.2 Å². The lowest BCUT2D eigenvalue weighted by atomic mass is 10.0. The van der Waals surface area contributed by atoms with Gasteiger partial charge in [-0.2, -0.15) is 11.3 Å². The Morgan fingerprint density at radius 3 is 2.67 bits per heavy atom. The molecule has 0 aliphatic heterocycles. The van der Waals surface area contributed by atoms with Crippen LogP contribution in [0.3, 0.4) is 0 Å². The summed E-state index contributed by atoms with van der Waals surface area (Å²) in [6.45, 7) is 6.59. The van der Waals surface area contributed by atoms with Crippen LogP contribution in [0.25, 0.3) is 0 Å². The predicted octanol–water partition coefficient (Wildman–Crippen LogP) is 3.72. The molecule has 2 nitrogen and oxygen atoms in total. The Morgan fingerprint density at radius 1 is 1.44 bits per heavy atom. The molecule has 1 saturated carbocycles.